The molecule has 0 aliphatic heterocycles. The molecule has 0 spiro atoms. The highest BCUT2D eigenvalue weighted by Crippen LogP contribution is 2.25. The van der Waals surface area contributed by atoms with Crippen LogP contribution in [-0.2, 0) is 10.2 Å². The number of carbonyl (C=O) groups is 1. The Morgan fingerprint density at radius 2 is 1.70 bits per heavy atom. The van der Waals surface area contributed by atoms with Gasteiger partial charge in [0.25, 0.3) is 5.91 Å². The lowest BCUT2D eigenvalue weighted by Gasteiger charge is -2.25. The molecule has 3 heteroatoms. The first-order chi connectivity index (χ1) is 10.7. The van der Waals surface area contributed by atoms with E-state index >= 15 is 0 Å². The fourth-order valence-corrected chi connectivity index (χ4v) is 2.88. The summed E-state index contributed by atoms with van der Waals surface area (Å²) in [6.07, 6.45) is 2.28. The summed E-state index contributed by atoms with van der Waals surface area (Å²) in [6.45, 7) is 13.2. The smallest absolute Gasteiger partial charge is 0.278 e. The minimum Gasteiger partial charge on any atom is -0.348 e. The van der Waals surface area contributed by atoms with Crippen LogP contribution in [0.2, 0.25) is 0 Å². The second-order valence-corrected chi connectivity index (χ2v) is 8.41. The summed E-state index contributed by atoms with van der Waals surface area (Å²) < 4.78 is 0. The van der Waals surface area contributed by atoms with Crippen molar-refractivity contribution in [3.8, 4) is 0 Å². The maximum Gasteiger partial charge on any atom is 0.278 e. The Morgan fingerprint density at radius 1 is 1.13 bits per heavy atom. The van der Waals surface area contributed by atoms with Crippen LogP contribution in [0.1, 0.15) is 71.6 Å². The van der Waals surface area contributed by atoms with Gasteiger partial charge in [-0.05, 0) is 30.7 Å². The van der Waals surface area contributed by atoms with E-state index < -0.39 is 0 Å². The van der Waals surface area contributed by atoms with Crippen molar-refractivity contribution >= 4 is 5.91 Å². The number of hydrogen-bond acceptors (Lipinski definition) is 1. The van der Waals surface area contributed by atoms with Crippen molar-refractivity contribution in [1.29, 1.82) is 0 Å². The monoisotopic (exact) mass is 317 g/mol. The second kappa shape index (κ2) is 7.04. The van der Waals surface area contributed by atoms with Gasteiger partial charge in [0.05, 0.1) is 0 Å². The van der Waals surface area contributed by atoms with Crippen molar-refractivity contribution in [2.24, 2.45) is 5.92 Å². The van der Waals surface area contributed by atoms with Gasteiger partial charge in [-0.25, -0.2) is 0 Å². The zero-order chi connectivity index (χ0) is 17.2. The van der Waals surface area contributed by atoms with Crippen molar-refractivity contribution < 1.29 is 10.1 Å². The average Bonchev–Trinajstić information content (AvgIpc) is 3.27. The van der Waals surface area contributed by atoms with Crippen LogP contribution in [0.5, 0.6) is 0 Å². The van der Waals surface area contributed by atoms with E-state index in [9.17, 15) is 4.79 Å². The van der Waals surface area contributed by atoms with Crippen LogP contribution in [-0.4, -0.2) is 18.0 Å². The molecule has 0 saturated heterocycles. The van der Waals surface area contributed by atoms with E-state index in [1.165, 1.54) is 11.1 Å². The van der Waals surface area contributed by atoms with Gasteiger partial charge in [-0.15, -0.1) is 0 Å². The van der Waals surface area contributed by atoms with E-state index in [0.29, 0.717) is 18.0 Å². The van der Waals surface area contributed by atoms with Crippen molar-refractivity contribution in [3.63, 3.8) is 0 Å². The molecule has 128 valence electrons. The molecule has 0 unspecified atom stereocenters. The number of quaternary nitrogens is 1. The summed E-state index contributed by atoms with van der Waals surface area (Å²) in [6, 6.07) is 9.61. The first kappa shape index (κ1) is 18.0. The lowest BCUT2D eigenvalue weighted by Crippen LogP contribution is -2.93. The molecule has 3 nitrogen and oxygen atoms in total. The van der Waals surface area contributed by atoms with E-state index in [2.05, 4.69) is 69.5 Å². The minimum absolute atomic E-state index is 0.0507. The van der Waals surface area contributed by atoms with E-state index in [-0.39, 0.29) is 17.4 Å². The van der Waals surface area contributed by atoms with Crippen LogP contribution in [0.25, 0.3) is 0 Å². The fraction of sp³-hybridized carbons (Fsp3) is 0.650. The Morgan fingerprint density at radius 3 is 2.13 bits per heavy atom. The summed E-state index contributed by atoms with van der Waals surface area (Å²) in [5.41, 5.74) is 2.83. The lowest BCUT2D eigenvalue weighted by atomic mass is 9.85. The van der Waals surface area contributed by atoms with Gasteiger partial charge in [0.2, 0.25) is 0 Å². The highest BCUT2D eigenvalue weighted by atomic mass is 16.2. The molecule has 1 aromatic rings. The third-order valence-electron chi connectivity index (χ3n) is 4.71. The molecule has 23 heavy (non-hydrogen) atoms. The van der Waals surface area contributed by atoms with Gasteiger partial charge in [0.1, 0.15) is 6.04 Å². The topological polar surface area (TPSA) is 45.7 Å². The zero-order valence-corrected chi connectivity index (χ0v) is 15.5. The molecule has 1 amide bonds. The summed E-state index contributed by atoms with van der Waals surface area (Å²) in [5.74, 6) is 0.649. The molecule has 1 fully saturated rings. The maximum atomic E-state index is 12.2. The number of rotatable bonds is 6. The van der Waals surface area contributed by atoms with Crippen molar-refractivity contribution in [3.05, 3.63) is 35.4 Å². The zero-order valence-electron chi connectivity index (χ0n) is 15.5. The number of hydrogen-bond donors (Lipinski definition) is 2. The lowest BCUT2D eigenvalue weighted by molar-refractivity contribution is -0.719. The molecule has 1 aliphatic carbocycles. The van der Waals surface area contributed by atoms with Crippen molar-refractivity contribution in [1.82, 2.24) is 5.32 Å². The number of carbonyl (C=O) groups excluding carboxylic acids is 1. The van der Waals surface area contributed by atoms with Gasteiger partial charge in [-0.2, -0.15) is 0 Å². The van der Waals surface area contributed by atoms with Gasteiger partial charge >= 0.3 is 0 Å². The van der Waals surface area contributed by atoms with Gasteiger partial charge in [-0.3, -0.25) is 4.79 Å². The second-order valence-electron chi connectivity index (χ2n) is 8.41. The predicted molar refractivity (Wildman–Crippen MR) is 95.3 cm³/mol. The first-order valence-electron chi connectivity index (χ1n) is 8.94. The average molecular weight is 317 g/mol. The quantitative estimate of drug-likeness (QED) is 0.832. The number of amides is 1. The molecule has 0 bridgehead atoms. The van der Waals surface area contributed by atoms with Crippen LogP contribution in [0.3, 0.4) is 0 Å². The van der Waals surface area contributed by atoms with Crippen LogP contribution in [0.15, 0.2) is 24.3 Å². The van der Waals surface area contributed by atoms with E-state index in [1.54, 1.807) is 0 Å². The highest BCUT2D eigenvalue weighted by Gasteiger charge is 2.30. The number of benzene rings is 1. The SMILES string of the molecule is CC(C)[C@H]([NH2+][C@@H](C)C(=O)NC1CC1)c1ccc(C(C)(C)C)cc1. The summed E-state index contributed by atoms with van der Waals surface area (Å²) >= 11 is 0. The van der Waals surface area contributed by atoms with Crippen LogP contribution in [0.4, 0.5) is 0 Å². The van der Waals surface area contributed by atoms with E-state index in [0.717, 1.165) is 12.8 Å². The maximum absolute atomic E-state index is 12.2. The number of nitrogens with one attached hydrogen (secondary N) is 1. The molecule has 0 heterocycles. The Bertz CT molecular complexity index is 524. The highest BCUT2D eigenvalue weighted by molar-refractivity contribution is 5.80. The van der Waals surface area contributed by atoms with Crippen LogP contribution < -0.4 is 10.6 Å². The molecule has 2 atom stereocenters. The van der Waals surface area contributed by atoms with Gasteiger partial charge in [0.15, 0.2) is 6.04 Å². The molecule has 1 saturated carbocycles. The predicted octanol–water partition coefficient (Wildman–Crippen LogP) is 2.91. The first-order valence-corrected chi connectivity index (χ1v) is 8.94. The summed E-state index contributed by atoms with van der Waals surface area (Å²) in [7, 11) is 0. The summed E-state index contributed by atoms with van der Waals surface area (Å²) in [4.78, 5) is 12.2. The Labute approximate surface area is 141 Å². The molecule has 1 aliphatic rings. The third kappa shape index (κ3) is 5.07. The van der Waals surface area contributed by atoms with Gasteiger partial charge in [-0.1, -0.05) is 58.9 Å². The van der Waals surface area contributed by atoms with Gasteiger partial charge < -0.3 is 10.6 Å². The van der Waals surface area contributed by atoms with Crippen molar-refractivity contribution in [2.45, 2.75) is 77.9 Å². The molecule has 0 radical (unpaired) electrons. The standard InChI is InChI=1S/C20H32N2O/c1-13(2)18(21-14(3)19(23)22-17-11-12-17)15-7-9-16(10-8-15)20(4,5)6/h7-10,13-14,17-18,21H,11-12H2,1-6H3,(H,22,23)/p+1/t14-,18-/m0/s1. The third-order valence-corrected chi connectivity index (χ3v) is 4.71. The summed E-state index contributed by atoms with van der Waals surface area (Å²) in [5, 5.41) is 5.32. The number of nitrogens with two attached hydrogens (primary N) is 1. The molecular formula is C20H33N2O+. The fourth-order valence-electron chi connectivity index (χ4n) is 2.88. The normalized spacial score (nSPS) is 17.9. The minimum atomic E-state index is -0.0507. The molecule has 2 rings (SSSR count). The Kier molecular flexibility index (Phi) is 5.51. The molecule has 0 aromatic heterocycles. The van der Waals surface area contributed by atoms with Crippen molar-refractivity contribution in [2.75, 3.05) is 0 Å². The largest absolute Gasteiger partial charge is 0.348 e. The molecular weight excluding hydrogens is 284 g/mol. The Hall–Kier alpha value is -1.35. The molecule has 3 N–H and O–H groups in total. The Balaban J connectivity index is 2.06. The van der Waals surface area contributed by atoms with Crippen LogP contribution >= 0.6 is 0 Å². The van der Waals surface area contributed by atoms with Crippen LogP contribution in [0, 0.1) is 5.92 Å². The van der Waals surface area contributed by atoms with E-state index in [1.807, 2.05) is 6.92 Å². The van der Waals surface area contributed by atoms with Gasteiger partial charge in [0, 0.05) is 17.5 Å². The van der Waals surface area contributed by atoms with E-state index in [4.69, 9.17) is 0 Å². The molecule has 1 aromatic carbocycles.